The summed E-state index contributed by atoms with van der Waals surface area (Å²) in [4.78, 5) is 19.6. The van der Waals surface area contributed by atoms with E-state index in [1.54, 1.807) is 7.11 Å². The number of carbonyl (C=O) groups excluding carboxylic acids is 1. The van der Waals surface area contributed by atoms with E-state index in [-0.39, 0.29) is 5.91 Å². The normalized spacial score (nSPS) is 20.6. The lowest BCUT2D eigenvalue weighted by atomic mass is 9.78. The molecule has 24 heavy (non-hydrogen) atoms. The van der Waals surface area contributed by atoms with Crippen LogP contribution in [0.15, 0.2) is 18.3 Å². The molecule has 6 nitrogen and oxygen atoms in total. The van der Waals surface area contributed by atoms with Gasteiger partial charge >= 0.3 is 0 Å². The smallest absolute Gasteiger partial charge is 0.234 e. The summed E-state index contributed by atoms with van der Waals surface area (Å²) >= 11 is 0. The molecule has 0 aromatic carbocycles. The van der Waals surface area contributed by atoms with Gasteiger partial charge < -0.3 is 20.3 Å². The monoisotopic (exact) mass is 332 g/mol. The van der Waals surface area contributed by atoms with Crippen LogP contribution < -0.4 is 15.5 Å². The Balaban J connectivity index is 1.64. The molecule has 0 radical (unpaired) electrons. The van der Waals surface area contributed by atoms with Gasteiger partial charge in [-0.05, 0) is 57.3 Å². The van der Waals surface area contributed by atoms with Crippen molar-refractivity contribution in [2.75, 3.05) is 50.1 Å². The second kappa shape index (κ2) is 7.94. The van der Waals surface area contributed by atoms with Crippen molar-refractivity contribution in [3.63, 3.8) is 0 Å². The summed E-state index contributed by atoms with van der Waals surface area (Å²) in [6.07, 6.45) is 7.25. The maximum absolute atomic E-state index is 12.8. The predicted molar refractivity (Wildman–Crippen MR) is 95.3 cm³/mol. The number of aromatic nitrogens is 1. The lowest BCUT2D eigenvalue weighted by Gasteiger charge is -2.35. The Bertz CT molecular complexity index is 529. The molecule has 0 unspecified atom stereocenters. The van der Waals surface area contributed by atoms with Crippen LogP contribution in [0.1, 0.15) is 32.1 Å². The van der Waals surface area contributed by atoms with Crippen molar-refractivity contribution >= 4 is 17.4 Å². The number of ether oxygens (including phenoxy) is 1. The second-order valence-electron chi connectivity index (χ2n) is 6.87. The number of hydrogen-bond acceptors (Lipinski definition) is 5. The maximum atomic E-state index is 12.8. The maximum Gasteiger partial charge on any atom is 0.234 e. The topological polar surface area (TPSA) is 66.5 Å². The van der Waals surface area contributed by atoms with Gasteiger partial charge in [0, 0.05) is 20.2 Å². The highest BCUT2D eigenvalue weighted by atomic mass is 16.5. The van der Waals surface area contributed by atoms with Gasteiger partial charge in [0.25, 0.3) is 0 Å². The Morgan fingerprint density at radius 1 is 1.29 bits per heavy atom. The van der Waals surface area contributed by atoms with Crippen LogP contribution in [0.4, 0.5) is 11.5 Å². The summed E-state index contributed by atoms with van der Waals surface area (Å²) < 4.78 is 5.33. The third-order valence-electron chi connectivity index (χ3n) is 5.17. The van der Waals surface area contributed by atoms with Crippen molar-refractivity contribution in [1.29, 1.82) is 0 Å². The van der Waals surface area contributed by atoms with Gasteiger partial charge in [-0.25, -0.2) is 4.98 Å². The van der Waals surface area contributed by atoms with Gasteiger partial charge in [-0.2, -0.15) is 0 Å². The zero-order valence-electron chi connectivity index (χ0n) is 14.5. The van der Waals surface area contributed by atoms with Gasteiger partial charge in [-0.3, -0.25) is 4.79 Å². The number of piperidine rings is 2. The summed E-state index contributed by atoms with van der Waals surface area (Å²) in [5.41, 5.74) is 0.689. The minimum Gasteiger partial charge on any atom is -0.384 e. The summed E-state index contributed by atoms with van der Waals surface area (Å²) in [5.74, 6) is 0.638. The molecule has 132 valence electrons. The van der Waals surface area contributed by atoms with Crippen LogP contribution >= 0.6 is 0 Å². The number of methoxy groups -OCH3 is 1. The van der Waals surface area contributed by atoms with Crippen LogP contribution in [0.2, 0.25) is 0 Å². The lowest BCUT2D eigenvalue weighted by Crippen LogP contribution is -2.47. The van der Waals surface area contributed by atoms with Crippen molar-refractivity contribution < 1.29 is 9.53 Å². The lowest BCUT2D eigenvalue weighted by molar-refractivity contribution is -0.130. The van der Waals surface area contributed by atoms with Gasteiger partial charge in [0.1, 0.15) is 5.82 Å². The average Bonchev–Trinajstić information content (AvgIpc) is 2.64. The standard InChI is InChI=1S/C18H28N4O2/c1-24-14-18(7-9-19-10-8-18)17(23)21-16-6-5-15(13-20-16)22-11-3-2-4-12-22/h5-6,13,19H,2-4,7-12,14H2,1H3,(H,20,21,23). The molecule has 2 fully saturated rings. The van der Waals surface area contributed by atoms with E-state index in [1.807, 2.05) is 12.3 Å². The molecule has 0 aliphatic carbocycles. The van der Waals surface area contributed by atoms with Gasteiger partial charge in [0.2, 0.25) is 5.91 Å². The van der Waals surface area contributed by atoms with Crippen molar-refractivity contribution in [2.24, 2.45) is 5.41 Å². The highest BCUT2D eigenvalue weighted by molar-refractivity contribution is 5.94. The minimum absolute atomic E-state index is 0.0177. The summed E-state index contributed by atoms with van der Waals surface area (Å²) in [6.45, 7) is 4.33. The van der Waals surface area contributed by atoms with Crippen molar-refractivity contribution in [3.8, 4) is 0 Å². The van der Waals surface area contributed by atoms with Crippen LogP contribution in [-0.4, -0.2) is 50.8 Å². The molecular weight excluding hydrogens is 304 g/mol. The number of rotatable bonds is 5. The summed E-state index contributed by atoms with van der Waals surface area (Å²) in [6, 6.07) is 3.96. The zero-order chi connectivity index (χ0) is 16.8. The zero-order valence-corrected chi connectivity index (χ0v) is 14.5. The number of pyridine rings is 1. The van der Waals surface area contributed by atoms with Crippen molar-refractivity contribution in [1.82, 2.24) is 10.3 Å². The van der Waals surface area contributed by atoms with E-state index in [1.165, 1.54) is 19.3 Å². The highest BCUT2D eigenvalue weighted by Gasteiger charge is 2.39. The molecule has 3 rings (SSSR count). The number of anilines is 2. The summed E-state index contributed by atoms with van der Waals surface area (Å²) in [5, 5.41) is 6.29. The molecular formula is C18H28N4O2. The Morgan fingerprint density at radius 2 is 2.04 bits per heavy atom. The van der Waals surface area contributed by atoms with Crippen LogP contribution in [0, 0.1) is 5.41 Å². The molecule has 2 N–H and O–H groups in total. The number of carbonyl (C=O) groups is 1. The highest BCUT2D eigenvalue weighted by Crippen LogP contribution is 2.31. The first kappa shape index (κ1) is 17.2. The van der Waals surface area contributed by atoms with Crippen LogP contribution in [-0.2, 0) is 9.53 Å². The summed E-state index contributed by atoms with van der Waals surface area (Å²) in [7, 11) is 1.66. The van der Waals surface area contributed by atoms with Crippen LogP contribution in [0.5, 0.6) is 0 Å². The molecule has 1 aromatic rings. The van der Waals surface area contributed by atoms with Crippen LogP contribution in [0.25, 0.3) is 0 Å². The molecule has 1 aromatic heterocycles. The SMILES string of the molecule is COCC1(C(=O)Nc2ccc(N3CCCCC3)cn2)CCNCC1. The van der Waals surface area contributed by atoms with Crippen molar-refractivity contribution in [3.05, 3.63) is 18.3 Å². The average molecular weight is 332 g/mol. The van der Waals surface area contributed by atoms with E-state index in [4.69, 9.17) is 4.74 Å². The third-order valence-corrected chi connectivity index (χ3v) is 5.17. The fourth-order valence-electron chi connectivity index (χ4n) is 3.67. The number of nitrogens with one attached hydrogen (secondary N) is 2. The first-order valence-electron chi connectivity index (χ1n) is 8.96. The Hall–Kier alpha value is -1.66. The number of nitrogens with zero attached hydrogens (tertiary/aromatic N) is 2. The molecule has 3 heterocycles. The number of amides is 1. The van der Waals surface area contributed by atoms with Crippen LogP contribution in [0.3, 0.4) is 0 Å². The Labute approximate surface area is 144 Å². The number of hydrogen-bond donors (Lipinski definition) is 2. The van der Waals surface area contributed by atoms with Crippen molar-refractivity contribution in [2.45, 2.75) is 32.1 Å². The first-order chi connectivity index (χ1) is 11.7. The minimum atomic E-state index is -0.451. The fraction of sp³-hybridized carbons (Fsp3) is 0.667. The molecule has 0 spiro atoms. The molecule has 0 bridgehead atoms. The Kier molecular flexibility index (Phi) is 5.68. The molecule has 2 aliphatic heterocycles. The Morgan fingerprint density at radius 3 is 2.67 bits per heavy atom. The predicted octanol–water partition coefficient (Wildman–Crippen LogP) is 2.03. The van der Waals surface area contributed by atoms with E-state index < -0.39 is 5.41 Å². The molecule has 2 saturated heterocycles. The van der Waals surface area contributed by atoms with Gasteiger partial charge in [-0.15, -0.1) is 0 Å². The molecule has 0 atom stereocenters. The molecule has 6 heteroatoms. The molecule has 1 amide bonds. The van der Waals surface area contributed by atoms with Gasteiger partial charge in [0.05, 0.1) is 23.9 Å². The quantitative estimate of drug-likeness (QED) is 0.864. The second-order valence-corrected chi connectivity index (χ2v) is 6.87. The van der Waals surface area contributed by atoms with Gasteiger partial charge in [-0.1, -0.05) is 0 Å². The first-order valence-corrected chi connectivity index (χ1v) is 8.96. The van der Waals surface area contributed by atoms with E-state index >= 15 is 0 Å². The molecule has 0 saturated carbocycles. The van der Waals surface area contributed by atoms with E-state index in [2.05, 4.69) is 26.6 Å². The van der Waals surface area contributed by atoms with E-state index in [0.29, 0.717) is 12.4 Å². The van der Waals surface area contributed by atoms with E-state index in [9.17, 15) is 4.79 Å². The fourth-order valence-corrected chi connectivity index (χ4v) is 3.67. The third kappa shape index (κ3) is 3.87. The largest absolute Gasteiger partial charge is 0.384 e. The molecule has 2 aliphatic rings. The van der Waals surface area contributed by atoms with Gasteiger partial charge in [0.15, 0.2) is 0 Å². The van der Waals surface area contributed by atoms with E-state index in [0.717, 1.165) is 44.7 Å².